The summed E-state index contributed by atoms with van der Waals surface area (Å²) in [5.74, 6) is 0. The van der Waals surface area contributed by atoms with Gasteiger partial charge in [0.15, 0.2) is 0 Å². The Balaban J connectivity index is 2.65. The van der Waals surface area contributed by atoms with Crippen molar-refractivity contribution in [2.24, 2.45) is 5.73 Å². The second kappa shape index (κ2) is 5.05. The van der Waals surface area contributed by atoms with E-state index in [0.29, 0.717) is 6.54 Å². The number of aryl methyl sites for hydroxylation is 1. The van der Waals surface area contributed by atoms with Gasteiger partial charge in [-0.15, -0.1) is 0 Å². The van der Waals surface area contributed by atoms with Crippen molar-refractivity contribution in [2.75, 3.05) is 0 Å². The van der Waals surface area contributed by atoms with E-state index in [2.05, 4.69) is 13.8 Å². The standard InChI is InChI=1S/C14H22N2O/c1-10(2)16-13-7-5-3-4-6-11(13)8-12(9-15)14(16)17/h8,10H,3-7,9,15H2,1-2H3. The molecule has 2 N–H and O–H groups in total. The van der Waals surface area contributed by atoms with Gasteiger partial charge in [0.1, 0.15) is 0 Å². The normalized spacial score (nSPS) is 15.8. The number of aromatic nitrogens is 1. The van der Waals surface area contributed by atoms with E-state index in [-0.39, 0.29) is 11.6 Å². The van der Waals surface area contributed by atoms with Crippen LogP contribution in [0, 0.1) is 0 Å². The van der Waals surface area contributed by atoms with Crippen LogP contribution >= 0.6 is 0 Å². The zero-order chi connectivity index (χ0) is 12.4. The van der Waals surface area contributed by atoms with Gasteiger partial charge in [0.05, 0.1) is 0 Å². The van der Waals surface area contributed by atoms with Crippen molar-refractivity contribution in [3.8, 4) is 0 Å². The third kappa shape index (κ3) is 2.29. The number of rotatable bonds is 2. The lowest BCUT2D eigenvalue weighted by Gasteiger charge is -2.20. The van der Waals surface area contributed by atoms with Crippen LogP contribution < -0.4 is 11.3 Å². The Morgan fingerprint density at radius 1 is 1.29 bits per heavy atom. The minimum Gasteiger partial charge on any atom is -0.326 e. The Kier molecular flexibility index (Phi) is 3.67. The predicted molar refractivity (Wildman–Crippen MR) is 70.2 cm³/mol. The Bertz CT molecular complexity index is 460. The summed E-state index contributed by atoms with van der Waals surface area (Å²) in [5, 5.41) is 0. The van der Waals surface area contributed by atoms with Crippen LogP contribution in [0.1, 0.15) is 56.0 Å². The number of fused-ring (bicyclic) bond motifs is 1. The van der Waals surface area contributed by atoms with E-state index in [4.69, 9.17) is 5.73 Å². The van der Waals surface area contributed by atoms with Crippen LogP contribution in [0.4, 0.5) is 0 Å². The monoisotopic (exact) mass is 234 g/mol. The number of hydrogen-bond acceptors (Lipinski definition) is 2. The van der Waals surface area contributed by atoms with Gasteiger partial charge in [-0.25, -0.2) is 0 Å². The van der Waals surface area contributed by atoms with Crippen molar-refractivity contribution in [3.05, 3.63) is 33.2 Å². The molecule has 0 aromatic carbocycles. The molecule has 0 unspecified atom stereocenters. The molecule has 94 valence electrons. The molecule has 3 nitrogen and oxygen atoms in total. The molecule has 2 rings (SSSR count). The van der Waals surface area contributed by atoms with Crippen LogP contribution in [0.5, 0.6) is 0 Å². The van der Waals surface area contributed by atoms with Gasteiger partial charge < -0.3 is 10.3 Å². The maximum atomic E-state index is 12.3. The smallest absolute Gasteiger partial charge is 0.255 e. The molecule has 0 saturated carbocycles. The highest BCUT2D eigenvalue weighted by atomic mass is 16.1. The molecule has 1 aromatic heterocycles. The second-order valence-corrected chi connectivity index (χ2v) is 5.18. The quantitative estimate of drug-likeness (QED) is 0.797. The Morgan fingerprint density at radius 2 is 2.00 bits per heavy atom. The highest BCUT2D eigenvalue weighted by molar-refractivity contribution is 5.28. The maximum absolute atomic E-state index is 12.3. The molecule has 17 heavy (non-hydrogen) atoms. The van der Waals surface area contributed by atoms with Gasteiger partial charge in [-0.1, -0.05) is 6.42 Å². The molecule has 0 spiro atoms. The summed E-state index contributed by atoms with van der Waals surface area (Å²) < 4.78 is 1.96. The van der Waals surface area contributed by atoms with E-state index in [1.165, 1.54) is 30.5 Å². The van der Waals surface area contributed by atoms with Crippen LogP contribution in [-0.2, 0) is 19.4 Å². The number of pyridine rings is 1. The first-order chi connectivity index (χ1) is 8.15. The zero-order valence-electron chi connectivity index (χ0n) is 10.8. The number of nitrogens with zero attached hydrogens (tertiary/aromatic N) is 1. The van der Waals surface area contributed by atoms with Crippen molar-refractivity contribution >= 4 is 0 Å². The van der Waals surface area contributed by atoms with Crippen molar-refractivity contribution in [2.45, 2.75) is 58.5 Å². The molecule has 1 aromatic rings. The number of hydrogen-bond donors (Lipinski definition) is 1. The highest BCUT2D eigenvalue weighted by Gasteiger charge is 2.17. The van der Waals surface area contributed by atoms with Gasteiger partial charge in [0.25, 0.3) is 5.56 Å². The van der Waals surface area contributed by atoms with Gasteiger partial charge in [0.2, 0.25) is 0 Å². The fourth-order valence-corrected chi connectivity index (χ4v) is 2.76. The molecular weight excluding hydrogens is 212 g/mol. The summed E-state index contributed by atoms with van der Waals surface area (Å²) >= 11 is 0. The zero-order valence-corrected chi connectivity index (χ0v) is 10.8. The number of nitrogens with two attached hydrogens (primary N) is 1. The second-order valence-electron chi connectivity index (χ2n) is 5.18. The lowest BCUT2D eigenvalue weighted by atomic mass is 10.0. The first-order valence-corrected chi connectivity index (χ1v) is 6.61. The van der Waals surface area contributed by atoms with Crippen molar-refractivity contribution in [1.29, 1.82) is 0 Å². The fourth-order valence-electron chi connectivity index (χ4n) is 2.76. The molecule has 1 aliphatic rings. The van der Waals surface area contributed by atoms with Crippen molar-refractivity contribution in [3.63, 3.8) is 0 Å². The summed E-state index contributed by atoms with van der Waals surface area (Å²) in [7, 11) is 0. The summed E-state index contributed by atoms with van der Waals surface area (Å²) in [4.78, 5) is 12.3. The van der Waals surface area contributed by atoms with Gasteiger partial charge in [-0.05, 0) is 51.2 Å². The molecule has 1 aliphatic carbocycles. The third-order valence-electron chi connectivity index (χ3n) is 3.60. The maximum Gasteiger partial charge on any atom is 0.255 e. The van der Waals surface area contributed by atoms with E-state index in [1.54, 1.807) is 0 Å². The molecule has 0 radical (unpaired) electrons. The summed E-state index contributed by atoms with van der Waals surface area (Å²) in [5.41, 5.74) is 9.15. The molecule has 1 heterocycles. The molecule has 0 atom stereocenters. The first-order valence-electron chi connectivity index (χ1n) is 6.61. The molecule has 0 bridgehead atoms. The Hall–Kier alpha value is -1.09. The summed E-state index contributed by atoms with van der Waals surface area (Å²) in [6.45, 7) is 4.50. The first kappa shape index (κ1) is 12.4. The van der Waals surface area contributed by atoms with Crippen LogP contribution in [0.3, 0.4) is 0 Å². The molecule has 0 saturated heterocycles. The summed E-state index contributed by atoms with van der Waals surface area (Å²) in [6.07, 6.45) is 5.82. The van der Waals surface area contributed by atoms with Gasteiger partial charge in [-0.3, -0.25) is 4.79 Å². The minimum atomic E-state index is 0.114. The summed E-state index contributed by atoms with van der Waals surface area (Å²) in [6, 6.07) is 2.27. The molecule has 3 heteroatoms. The average molecular weight is 234 g/mol. The Morgan fingerprint density at radius 3 is 2.65 bits per heavy atom. The van der Waals surface area contributed by atoms with Crippen molar-refractivity contribution < 1.29 is 0 Å². The van der Waals surface area contributed by atoms with Crippen LogP contribution in [0.25, 0.3) is 0 Å². The Labute approximate surface area is 103 Å². The van der Waals surface area contributed by atoms with E-state index in [9.17, 15) is 4.79 Å². The molecular formula is C14H22N2O. The van der Waals surface area contributed by atoms with Crippen molar-refractivity contribution in [1.82, 2.24) is 4.57 Å². The molecule has 0 amide bonds. The average Bonchev–Trinajstić information content (AvgIpc) is 2.52. The third-order valence-corrected chi connectivity index (χ3v) is 3.60. The van der Waals surface area contributed by atoms with Gasteiger partial charge in [-0.2, -0.15) is 0 Å². The molecule has 0 fully saturated rings. The predicted octanol–water partition coefficient (Wildman–Crippen LogP) is 2.16. The van der Waals surface area contributed by atoms with Gasteiger partial charge in [0, 0.05) is 23.8 Å². The van der Waals surface area contributed by atoms with E-state index >= 15 is 0 Å². The minimum absolute atomic E-state index is 0.114. The van der Waals surface area contributed by atoms with Crippen LogP contribution in [0.15, 0.2) is 10.9 Å². The van der Waals surface area contributed by atoms with E-state index < -0.39 is 0 Å². The van der Waals surface area contributed by atoms with E-state index in [1.807, 2.05) is 10.6 Å². The topological polar surface area (TPSA) is 48.0 Å². The lowest BCUT2D eigenvalue weighted by Crippen LogP contribution is -2.30. The van der Waals surface area contributed by atoms with Gasteiger partial charge >= 0.3 is 0 Å². The largest absolute Gasteiger partial charge is 0.326 e. The van der Waals surface area contributed by atoms with Crippen LogP contribution in [0.2, 0.25) is 0 Å². The lowest BCUT2D eigenvalue weighted by molar-refractivity contribution is 0.538. The van der Waals surface area contributed by atoms with Crippen LogP contribution in [-0.4, -0.2) is 4.57 Å². The molecule has 0 aliphatic heterocycles. The highest BCUT2D eigenvalue weighted by Crippen LogP contribution is 2.22. The SMILES string of the molecule is CC(C)n1c2c(cc(CN)c1=O)CCCCC2. The fraction of sp³-hybridized carbons (Fsp3) is 0.643. The van der Waals surface area contributed by atoms with E-state index in [0.717, 1.165) is 18.4 Å².